The van der Waals surface area contributed by atoms with Gasteiger partial charge in [-0.2, -0.15) is 0 Å². The molecular weight excluding hydrogens is 308 g/mol. The fourth-order valence-electron chi connectivity index (χ4n) is 4.83. The van der Waals surface area contributed by atoms with Crippen molar-refractivity contribution in [1.82, 2.24) is 0 Å². The van der Waals surface area contributed by atoms with Crippen LogP contribution in [0.4, 0.5) is 0 Å². The van der Waals surface area contributed by atoms with Gasteiger partial charge in [-0.3, -0.25) is 0 Å². The van der Waals surface area contributed by atoms with Crippen LogP contribution in [0.25, 0.3) is 0 Å². The molecule has 4 fully saturated rings. The number of fused-ring (bicyclic) bond motifs is 5. The molecule has 0 aromatic rings. The Balaban J connectivity index is 1.72. The lowest BCUT2D eigenvalue weighted by molar-refractivity contribution is -0.149. The maximum atomic E-state index is 12.2. The van der Waals surface area contributed by atoms with Gasteiger partial charge < -0.3 is 14.2 Å². The monoisotopic (exact) mass is 330 g/mol. The highest BCUT2D eigenvalue weighted by Crippen LogP contribution is 2.63. The minimum absolute atomic E-state index is 0.0386. The van der Waals surface area contributed by atoms with E-state index in [4.69, 9.17) is 14.2 Å². The van der Waals surface area contributed by atoms with E-state index < -0.39 is 18.0 Å². The van der Waals surface area contributed by atoms with Gasteiger partial charge in [0, 0.05) is 23.5 Å². The quantitative estimate of drug-likeness (QED) is 0.336. The summed E-state index contributed by atoms with van der Waals surface area (Å²) in [6.45, 7) is 15.5. The highest BCUT2D eigenvalue weighted by molar-refractivity contribution is 5.91. The van der Waals surface area contributed by atoms with Gasteiger partial charge in [-0.1, -0.05) is 25.3 Å². The molecule has 5 nitrogen and oxygen atoms in total. The molecule has 0 aromatic heterocycles. The summed E-state index contributed by atoms with van der Waals surface area (Å²) in [6.07, 6.45) is 0.715. The normalized spacial score (nSPS) is 45.7. The lowest BCUT2D eigenvalue weighted by Crippen LogP contribution is -2.40. The summed E-state index contributed by atoms with van der Waals surface area (Å²) in [5, 5.41) is 0. The number of carbonyl (C=O) groups excluding carboxylic acids is 2. The molecule has 0 radical (unpaired) electrons. The summed E-state index contributed by atoms with van der Waals surface area (Å²) in [6, 6.07) is 0. The molecule has 4 aliphatic rings. The molecular formula is C19H22O5. The second kappa shape index (κ2) is 4.82. The van der Waals surface area contributed by atoms with Gasteiger partial charge in [0.25, 0.3) is 0 Å². The molecule has 0 N–H and O–H groups in total. The number of epoxide rings is 1. The fourth-order valence-corrected chi connectivity index (χ4v) is 4.83. The second-order valence-corrected chi connectivity index (χ2v) is 7.67. The summed E-state index contributed by atoms with van der Waals surface area (Å²) >= 11 is 0. The number of hydrogen-bond acceptors (Lipinski definition) is 5. The van der Waals surface area contributed by atoms with Gasteiger partial charge in [0.05, 0.1) is 17.6 Å². The Morgan fingerprint density at radius 3 is 2.75 bits per heavy atom. The molecule has 2 aliphatic heterocycles. The van der Waals surface area contributed by atoms with Crippen LogP contribution < -0.4 is 0 Å². The molecule has 0 spiro atoms. The molecule has 4 rings (SSSR count). The van der Waals surface area contributed by atoms with Crippen molar-refractivity contribution < 1.29 is 23.8 Å². The van der Waals surface area contributed by atoms with Gasteiger partial charge >= 0.3 is 11.9 Å². The summed E-state index contributed by atoms with van der Waals surface area (Å²) < 4.78 is 17.2. The first-order valence-electron chi connectivity index (χ1n) is 8.35. The molecule has 7 unspecified atom stereocenters. The van der Waals surface area contributed by atoms with Crippen LogP contribution in [0, 0.1) is 17.8 Å². The Morgan fingerprint density at radius 2 is 2.08 bits per heavy atom. The van der Waals surface area contributed by atoms with E-state index in [9.17, 15) is 9.59 Å². The Morgan fingerprint density at radius 1 is 1.38 bits per heavy atom. The fraction of sp³-hybridized carbons (Fsp3) is 0.579. The van der Waals surface area contributed by atoms with E-state index in [0.29, 0.717) is 17.6 Å². The first-order valence-corrected chi connectivity index (χ1v) is 8.35. The molecule has 2 aliphatic carbocycles. The van der Waals surface area contributed by atoms with Gasteiger partial charge in [-0.25, -0.2) is 9.59 Å². The second-order valence-electron chi connectivity index (χ2n) is 7.67. The van der Waals surface area contributed by atoms with Crippen molar-refractivity contribution in [3.63, 3.8) is 0 Å². The van der Waals surface area contributed by atoms with Crippen molar-refractivity contribution in [2.75, 3.05) is 0 Å². The first-order chi connectivity index (χ1) is 11.2. The average Bonchev–Trinajstić information content (AvgIpc) is 2.97. The van der Waals surface area contributed by atoms with Crippen LogP contribution in [0.2, 0.25) is 0 Å². The Bertz CT molecular complexity index is 692. The molecule has 0 aromatic carbocycles. The summed E-state index contributed by atoms with van der Waals surface area (Å²) in [5.74, 6) is -0.963. The Kier molecular flexibility index (Phi) is 3.14. The molecule has 2 saturated heterocycles. The van der Waals surface area contributed by atoms with Crippen molar-refractivity contribution in [3.05, 3.63) is 36.5 Å². The third kappa shape index (κ3) is 1.97. The zero-order valence-corrected chi connectivity index (χ0v) is 14.0. The average molecular weight is 330 g/mol. The lowest BCUT2D eigenvalue weighted by Gasteiger charge is -2.31. The van der Waals surface area contributed by atoms with Crippen molar-refractivity contribution in [3.8, 4) is 0 Å². The van der Waals surface area contributed by atoms with E-state index in [1.54, 1.807) is 6.92 Å². The number of carbonyl (C=O) groups is 2. The number of hydrogen-bond donors (Lipinski definition) is 0. The third-order valence-electron chi connectivity index (χ3n) is 6.15. The zero-order valence-electron chi connectivity index (χ0n) is 14.0. The van der Waals surface area contributed by atoms with Gasteiger partial charge in [0.1, 0.15) is 12.2 Å². The summed E-state index contributed by atoms with van der Waals surface area (Å²) in [7, 11) is 0. The Hall–Kier alpha value is -1.88. The largest absolute Gasteiger partial charge is 0.458 e. The van der Waals surface area contributed by atoms with E-state index in [-0.39, 0.29) is 35.6 Å². The standard InChI is InChI=1S/C19H22O5/c1-8(2)17(20)22-12-6-9(3)11-7-13-19(5,24-13)15(11)16-14(12)10(4)18(21)23-16/h11-16H,1,3-4,6-7H2,2,5H3. The van der Waals surface area contributed by atoms with Crippen molar-refractivity contribution >= 4 is 11.9 Å². The van der Waals surface area contributed by atoms with Crippen LogP contribution in [-0.2, 0) is 23.8 Å². The van der Waals surface area contributed by atoms with Gasteiger partial charge in [0.15, 0.2) is 0 Å². The predicted octanol–water partition coefficient (Wildman–Crippen LogP) is 2.33. The van der Waals surface area contributed by atoms with E-state index in [1.807, 2.05) is 0 Å². The molecule has 128 valence electrons. The first kappa shape index (κ1) is 15.6. The zero-order chi connectivity index (χ0) is 17.4. The van der Waals surface area contributed by atoms with Crippen LogP contribution in [0.1, 0.15) is 26.7 Å². The molecule has 0 bridgehead atoms. The SMILES string of the molecule is C=C(C)C(=O)OC1CC(=C)C2CC3OC3(C)C2C2OC(=O)C(=C)C12. The van der Waals surface area contributed by atoms with Crippen molar-refractivity contribution in [1.29, 1.82) is 0 Å². The molecule has 7 atom stereocenters. The van der Waals surface area contributed by atoms with E-state index in [1.165, 1.54) is 0 Å². The van der Waals surface area contributed by atoms with Crippen LogP contribution in [0.5, 0.6) is 0 Å². The number of ether oxygens (including phenoxy) is 3. The van der Waals surface area contributed by atoms with E-state index >= 15 is 0 Å². The van der Waals surface area contributed by atoms with Crippen molar-refractivity contribution in [2.24, 2.45) is 17.8 Å². The summed E-state index contributed by atoms with van der Waals surface area (Å²) in [5.41, 5.74) is 1.46. The van der Waals surface area contributed by atoms with Gasteiger partial charge in [0.2, 0.25) is 0 Å². The van der Waals surface area contributed by atoms with Gasteiger partial charge in [-0.05, 0) is 26.2 Å². The predicted molar refractivity (Wildman–Crippen MR) is 85.8 cm³/mol. The topological polar surface area (TPSA) is 65.1 Å². The molecule has 2 heterocycles. The minimum Gasteiger partial charge on any atom is -0.458 e. The van der Waals surface area contributed by atoms with Crippen LogP contribution in [0.3, 0.4) is 0 Å². The number of esters is 2. The van der Waals surface area contributed by atoms with Crippen LogP contribution in [-0.4, -0.2) is 35.9 Å². The summed E-state index contributed by atoms with van der Waals surface area (Å²) in [4.78, 5) is 24.2. The molecule has 2 saturated carbocycles. The minimum atomic E-state index is -0.503. The third-order valence-corrected chi connectivity index (χ3v) is 6.15. The molecule has 24 heavy (non-hydrogen) atoms. The molecule has 0 amide bonds. The maximum Gasteiger partial charge on any atom is 0.334 e. The van der Waals surface area contributed by atoms with Crippen molar-refractivity contribution in [2.45, 2.75) is 50.6 Å². The number of rotatable bonds is 2. The van der Waals surface area contributed by atoms with E-state index in [2.05, 4.69) is 26.7 Å². The highest BCUT2D eigenvalue weighted by atomic mass is 16.6. The highest BCUT2D eigenvalue weighted by Gasteiger charge is 2.71. The van der Waals surface area contributed by atoms with Crippen LogP contribution >= 0.6 is 0 Å². The van der Waals surface area contributed by atoms with Crippen LogP contribution in [0.15, 0.2) is 36.5 Å². The molecule has 5 heteroatoms. The Labute approximate surface area is 141 Å². The maximum absolute atomic E-state index is 12.2. The van der Waals surface area contributed by atoms with Gasteiger partial charge in [-0.15, -0.1) is 0 Å². The van der Waals surface area contributed by atoms with E-state index in [0.717, 1.165) is 12.0 Å². The lowest BCUT2D eigenvalue weighted by atomic mass is 9.78. The smallest absolute Gasteiger partial charge is 0.334 e.